The van der Waals surface area contributed by atoms with E-state index in [2.05, 4.69) is 13.8 Å². The van der Waals surface area contributed by atoms with E-state index in [1.54, 1.807) is 12.1 Å². The van der Waals surface area contributed by atoms with Gasteiger partial charge in [0.25, 0.3) is 0 Å². The lowest BCUT2D eigenvalue weighted by Gasteiger charge is -2.22. The quantitative estimate of drug-likeness (QED) is 0.773. The third-order valence-corrected chi connectivity index (χ3v) is 3.76. The van der Waals surface area contributed by atoms with Crippen LogP contribution in [-0.4, -0.2) is 6.04 Å². The molecule has 2 N–H and O–H groups in total. The monoisotopic (exact) mass is 271 g/mol. The zero-order valence-electron chi connectivity index (χ0n) is 11.3. The Labute approximate surface area is 115 Å². The van der Waals surface area contributed by atoms with Crippen LogP contribution in [0.5, 0.6) is 0 Å². The Morgan fingerprint density at radius 2 is 2.06 bits per heavy atom. The Balaban J connectivity index is 2.66. The molecular weight excluding hydrogens is 249 g/mol. The fourth-order valence-corrected chi connectivity index (χ4v) is 2.50. The van der Waals surface area contributed by atoms with Gasteiger partial charge in [-0.15, -0.1) is 0 Å². The number of nitrogens with two attached hydrogens (primary N) is 1. The Hall–Kier alpha value is -0.600. The minimum atomic E-state index is -0.208. The third-order valence-electron chi connectivity index (χ3n) is 3.52. The molecule has 0 fully saturated rings. The van der Waals surface area contributed by atoms with Crippen LogP contribution >= 0.6 is 11.6 Å². The fourth-order valence-electron chi connectivity index (χ4n) is 2.31. The molecule has 1 nitrogen and oxygen atoms in total. The average molecular weight is 272 g/mol. The van der Waals surface area contributed by atoms with Gasteiger partial charge in [0.1, 0.15) is 5.82 Å². The van der Waals surface area contributed by atoms with E-state index in [1.807, 2.05) is 0 Å². The zero-order chi connectivity index (χ0) is 13.5. The van der Waals surface area contributed by atoms with E-state index in [-0.39, 0.29) is 11.9 Å². The highest BCUT2D eigenvalue weighted by Crippen LogP contribution is 2.21. The second-order valence-electron chi connectivity index (χ2n) is 4.91. The predicted molar refractivity (Wildman–Crippen MR) is 76.4 cm³/mol. The maximum atomic E-state index is 13.6. The first kappa shape index (κ1) is 15.5. The molecule has 0 saturated carbocycles. The molecule has 0 aliphatic rings. The van der Waals surface area contributed by atoms with Crippen LogP contribution in [0, 0.1) is 11.7 Å². The minimum Gasteiger partial charge on any atom is -0.327 e. The van der Waals surface area contributed by atoms with E-state index in [1.165, 1.54) is 18.9 Å². The van der Waals surface area contributed by atoms with Gasteiger partial charge in [0.2, 0.25) is 0 Å². The normalized spacial score (nSPS) is 14.5. The lowest BCUT2D eigenvalue weighted by atomic mass is 9.88. The Morgan fingerprint density at radius 3 is 2.67 bits per heavy atom. The maximum Gasteiger partial charge on any atom is 0.126 e. The molecule has 2 unspecified atom stereocenters. The van der Waals surface area contributed by atoms with Crippen LogP contribution < -0.4 is 5.73 Å². The van der Waals surface area contributed by atoms with Crippen LogP contribution in [0.1, 0.15) is 45.1 Å². The lowest BCUT2D eigenvalue weighted by molar-refractivity contribution is 0.366. The van der Waals surface area contributed by atoms with Crippen LogP contribution in [-0.2, 0) is 6.42 Å². The highest BCUT2D eigenvalue weighted by molar-refractivity contribution is 6.30. The second-order valence-corrected chi connectivity index (χ2v) is 5.35. The highest BCUT2D eigenvalue weighted by atomic mass is 35.5. The fraction of sp³-hybridized carbons (Fsp3) is 0.600. The molecule has 18 heavy (non-hydrogen) atoms. The van der Waals surface area contributed by atoms with E-state index in [0.29, 0.717) is 22.9 Å². The first-order valence-electron chi connectivity index (χ1n) is 6.78. The van der Waals surface area contributed by atoms with Gasteiger partial charge in [-0.2, -0.15) is 0 Å². The molecule has 1 aromatic carbocycles. The van der Waals surface area contributed by atoms with Crippen molar-refractivity contribution in [3.63, 3.8) is 0 Å². The van der Waals surface area contributed by atoms with Crippen molar-refractivity contribution in [1.82, 2.24) is 0 Å². The summed E-state index contributed by atoms with van der Waals surface area (Å²) < 4.78 is 13.6. The molecule has 0 amide bonds. The first-order chi connectivity index (χ1) is 8.58. The lowest BCUT2D eigenvalue weighted by Crippen LogP contribution is -2.32. The van der Waals surface area contributed by atoms with Crippen molar-refractivity contribution in [2.24, 2.45) is 11.7 Å². The summed E-state index contributed by atoms with van der Waals surface area (Å²) in [5.41, 5.74) is 6.84. The largest absolute Gasteiger partial charge is 0.327 e. The molecule has 0 heterocycles. The second kappa shape index (κ2) is 7.75. The van der Waals surface area contributed by atoms with Crippen LogP contribution in [0.15, 0.2) is 18.2 Å². The Bertz CT molecular complexity index is 368. The number of unbranched alkanes of at least 4 members (excludes halogenated alkanes) is 1. The summed E-state index contributed by atoms with van der Waals surface area (Å²) in [6.07, 6.45) is 5.09. The molecule has 2 atom stereocenters. The van der Waals surface area contributed by atoms with Crippen molar-refractivity contribution < 1.29 is 4.39 Å². The van der Waals surface area contributed by atoms with Gasteiger partial charge in [0.05, 0.1) is 0 Å². The molecule has 0 radical (unpaired) electrons. The van der Waals surface area contributed by atoms with Crippen LogP contribution in [0.3, 0.4) is 0 Å². The maximum absolute atomic E-state index is 13.6. The molecule has 1 aromatic rings. The van der Waals surface area contributed by atoms with Crippen molar-refractivity contribution in [1.29, 1.82) is 0 Å². The first-order valence-corrected chi connectivity index (χ1v) is 7.15. The van der Waals surface area contributed by atoms with E-state index in [4.69, 9.17) is 17.3 Å². The highest BCUT2D eigenvalue weighted by Gasteiger charge is 2.17. The van der Waals surface area contributed by atoms with Crippen LogP contribution in [0.4, 0.5) is 4.39 Å². The van der Waals surface area contributed by atoms with Gasteiger partial charge in [-0.25, -0.2) is 4.39 Å². The summed E-state index contributed by atoms with van der Waals surface area (Å²) in [7, 11) is 0. The van der Waals surface area contributed by atoms with Crippen molar-refractivity contribution in [2.75, 3.05) is 0 Å². The van der Waals surface area contributed by atoms with Crippen molar-refractivity contribution in [3.05, 3.63) is 34.6 Å². The zero-order valence-corrected chi connectivity index (χ0v) is 12.0. The standard InChI is InChI=1S/C15H23ClFN/c1-3-5-6-11(4-2)15(18)10-12-9-13(16)7-8-14(12)17/h7-9,11,15H,3-6,10,18H2,1-2H3. The van der Waals surface area contributed by atoms with Gasteiger partial charge in [0.15, 0.2) is 0 Å². The summed E-state index contributed by atoms with van der Waals surface area (Å²) in [6.45, 7) is 4.32. The molecule has 0 spiro atoms. The van der Waals surface area contributed by atoms with Crippen molar-refractivity contribution >= 4 is 11.6 Å². The van der Waals surface area contributed by atoms with Gasteiger partial charge >= 0.3 is 0 Å². The molecule has 102 valence electrons. The number of benzene rings is 1. The van der Waals surface area contributed by atoms with Crippen LogP contribution in [0.25, 0.3) is 0 Å². The SMILES string of the molecule is CCCCC(CC)C(N)Cc1cc(Cl)ccc1F. The van der Waals surface area contributed by atoms with Crippen molar-refractivity contribution in [3.8, 4) is 0 Å². The van der Waals surface area contributed by atoms with Gasteiger partial charge < -0.3 is 5.73 Å². The molecular formula is C15H23ClFN. The van der Waals surface area contributed by atoms with E-state index < -0.39 is 0 Å². The molecule has 0 aliphatic heterocycles. The Morgan fingerprint density at radius 1 is 1.33 bits per heavy atom. The molecule has 3 heteroatoms. The number of hydrogen-bond donors (Lipinski definition) is 1. The van der Waals surface area contributed by atoms with Crippen molar-refractivity contribution in [2.45, 2.75) is 52.0 Å². The van der Waals surface area contributed by atoms with Gasteiger partial charge in [0, 0.05) is 11.1 Å². The van der Waals surface area contributed by atoms with E-state index in [0.717, 1.165) is 12.8 Å². The number of hydrogen-bond acceptors (Lipinski definition) is 1. The van der Waals surface area contributed by atoms with Crippen LogP contribution in [0.2, 0.25) is 5.02 Å². The Kier molecular flexibility index (Phi) is 6.66. The van der Waals surface area contributed by atoms with Gasteiger partial charge in [-0.05, 0) is 42.5 Å². The predicted octanol–water partition coefficient (Wildman–Crippen LogP) is 4.57. The topological polar surface area (TPSA) is 26.0 Å². The summed E-state index contributed by atoms with van der Waals surface area (Å²) in [5.74, 6) is 0.253. The summed E-state index contributed by atoms with van der Waals surface area (Å²) >= 11 is 5.89. The summed E-state index contributed by atoms with van der Waals surface area (Å²) in [4.78, 5) is 0. The van der Waals surface area contributed by atoms with E-state index >= 15 is 0 Å². The van der Waals surface area contributed by atoms with Gasteiger partial charge in [-0.1, -0.05) is 44.7 Å². The third kappa shape index (κ3) is 4.58. The molecule has 0 aliphatic carbocycles. The minimum absolute atomic E-state index is 0.00881. The number of rotatable bonds is 7. The summed E-state index contributed by atoms with van der Waals surface area (Å²) in [6, 6.07) is 4.68. The van der Waals surface area contributed by atoms with E-state index in [9.17, 15) is 4.39 Å². The number of halogens is 2. The van der Waals surface area contributed by atoms with Gasteiger partial charge in [-0.3, -0.25) is 0 Å². The smallest absolute Gasteiger partial charge is 0.126 e. The molecule has 1 rings (SSSR count). The summed E-state index contributed by atoms with van der Waals surface area (Å²) in [5, 5.41) is 0.570. The molecule has 0 saturated heterocycles. The average Bonchev–Trinajstić information content (AvgIpc) is 2.35. The molecule has 0 bridgehead atoms. The molecule has 0 aromatic heterocycles.